The lowest BCUT2D eigenvalue weighted by atomic mass is 9.98. The lowest BCUT2D eigenvalue weighted by Gasteiger charge is -2.38. The number of morpholine rings is 1. The maximum Gasteiger partial charge on any atom is 0.490 e. The molecule has 222 valence electrons. The Morgan fingerprint density at radius 2 is 1.45 bits per heavy atom. The van der Waals surface area contributed by atoms with E-state index in [2.05, 4.69) is 9.80 Å². The molecule has 4 atom stereocenters. The maximum absolute atomic E-state index is 10.6. The van der Waals surface area contributed by atoms with Crippen LogP contribution in [0.5, 0.6) is 0 Å². The molecular weight excluding hydrogens is 534 g/mol. The first-order chi connectivity index (χ1) is 17.8. The van der Waals surface area contributed by atoms with Gasteiger partial charge in [0.2, 0.25) is 0 Å². The highest BCUT2D eigenvalue weighted by molar-refractivity contribution is 5.73. The van der Waals surface area contributed by atoms with Gasteiger partial charge in [-0.3, -0.25) is 9.80 Å². The van der Waals surface area contributed by atoms with Crippen molar-refractivity contribution in [3.05, 3.63) is 0 Å². The van der Waals surface area contributed by atoms with Crippen molar-refractivity contribution in [3.8, 4) is 0 Å². The molecule has 0 amide bonds. The Morgan fingerprint density at radius 3 is 1.97 bits per heavy atom. The lowest BCUT2D eigenvalue weighted by molar-refractivity contribution is -0.193. The number of ether oxygens (including phenoxy) is 4. The Morgan fingerprint density at radius 1 is 0.842 bits per heavy atom. The number of carbonyl (C=O) groups is 2. The van der Waals surface area contributed by atoms with E-state index in [0.717, 1.165) is 65.7 Å². The van der Waals surface area contributed by atoms with Crippen molar-refractivity contribution in [2.45, 2.75) is 62.3 Å². The van der Waals surface area contributed by atoms with E-state index in [0.29, 0.717) is 18.2 Å². The summed E-state index contributed by atoms with van der Waals surface area (Å²) < 4.78 is 86.7. The predicted octanol–water partition coefficient (Wildman–Crippen LogP) is 2.01. The van der Waals surface area contributed by atoms with E-state index < -0.39 is 24.3 Å². The molecule has 38 heavy (non-hydrogen) atoms. The second kappa shape index (κ2) is 15.2. The molecule has 16 heteroatoms. The number of carboxylic acid groups (broad SMARTS) is 2. The van der Waals surface area contributed by atoms with Crippen molar-refractivity contribution in [2.24, 2.45) is 0 Å². The fourth-order valence-corrected chi connectivity index (χ4v) is 4.62. The molecule has 4 heterocycles. The average Bonchev–Trinajstić information content (AvgIpc) is 3.52. The van der Waals surface area contributed by atoms with E-state index in [1.807, 2.05) is 0 Å². The number of hydrogen-bond acceptors (Lipinski definition) is 8. The third kappa shape index (κ3) is 11.2. The minimum absolute atomic E-state index is 0.288. The molecule has 0 spiro atoms. The first-order valence-corrected chi connectivity index (χ1v) is 12.3. The van der Waals surface area contributed by atoms with Gasteiger partial charge in [-0.2, -0.15) is 26.3 Å². The topological polar surface area (TPSA) is 118 Å². The monoisotopic (exact) mass is 568 g/mol. The molecule has 0 bridgehead atoms. The molecule has 4 saturated heterocycles. The third-order valence-electron chi connectivity index (χ3n) is 6.50. The number of alkyl halides is 6. The van der Waals surface area contributed by atoms with Crippen LogP contribution in [-0.2, 0) is 28.5 Å². The molecule has 0 aromatic heterocycles. The van der Waals surface area contributed by atoms with Gasteiger partial charge in [-0.05, 0) is 25.7 Å². The summed E-state index contributed by atoms with van der Waals surface area (Å²) in [6, 6.07) is 1.24. The number of hydrogen-bond donors (Lipinski definition) is 2. The summed E-state index contributed by atoms with van der Waals surface area (Å²) in [6.45, 7) is 9.37. The molecule has 10 nitrogen and oxygen atoms in total. The summed E-state index contributed by atoms with van der Waals surface area (Å²) in [4.78, 5) is 22.9. The highest BCUT2D eigenvalue weighted by atomic mass is 19.4. The van der Waals surface area contributed by atoms with Crippen LogP contribution in [0.25, 0.3) is 0 Å². The van der Waals surface area contributed by atoms with Gasteiger partial charge in [-0.15, -0.1) is 0 Å². The molecule has 4 aliphatic rings. The van der Waals surface area contributed by atoms with Gasteiger partial charge in [0.25, 0.3) is 0 Å². The minimum atomic E-state index is -5.08. The van der Waals surface area contributed by atoms with Crippen LogP contribution >= 0.6 is 0 Å². The van der Waals surface area contributed by atoms with Gasteiger partial charge in [0.05, 0.1) is 45.2 Å². The second-order valence-corrected chi connectivity index (χ2v) is 9.12. The largest absolute Gasteiger partial charge is 0.490 e. The molecule has 0 saturated carbocycles. The highest BCUT2D eigenvalue weighted by Crippen LogP contribution is 2.34. The molecule has 4 fully saturated rings. The average molecular weight is 569 g/mol. The summed E-state index contributed by atoms with van der Waals surface area (Å²) >= 11 is 0. The Bertz CT molecular complexity index is 706. The zero-order valence-electron chi connectivity index (χ0n) is 20.7. The van der Waals surface area contributed by atoms with Crippen molar-refractivity contribution in [2.75, 3.05) is 65.8 Å². The molecule has 0 aromatic rings. The first-order valence-electron chi connectivity index (χ1n) is 12.3. The number of carboxylic acids is 2. The molecule has 0 aromatic carbocycles. The van der Waals surface area contributed by atoms with Gasteiger partial charge in [0.15, 0.2) is 0 Å². The molecule has 4 rings (SSSR count). The smallest absolute Gasteiger partial charge is 0.475 e. The Hall–Kier alpha value is -1.72. The molecule has 2 N–H and O–H groups in total. The maximum atomic E-state index is 10.6. The zero-order chi connectivity index (χ0) is 28.3. The number of likely N-dealkylation sites (tertiary alicyclic amines) is 1. The summed E-state index contributed by atoms with van der Waals surface area (Å²) in [6.07, 6.45) is -4.73. The lowest BCUT2D eigenvalue weighted by Crippen LogP contribution is -2.47. The van der Waals surface area contributed by atoms with Gasteiger partial charge in [0, 0.05) is 44.9 Å². The van der Waals surface area contributed by atoms with E-state index >= 15 is 0 Å². The van der Waals surface area contributed by atoms with E-state index in [-0.39, 0.29) is 6.10 Å². The molecule has 4 aliphatic heterocycles. The van der Waals surface area contributed by atoms with Crippen molar-refractivity contribution in [1.29, 1.82) is 0 Å². The molecule has 0 aliphatic carbocycles. The summed E-state index contributed by atoms with van der Waals surface area (Å²) in [5.41, 5.74) is 0. The minimum Gasteiger partial charge on any atom is -0.475 e. The molecule has 0 radical (unpaired) electrons. The van der Waals surface area contributed by atoms with Gasteiger partial charge in [-0.25, -0.2) is 9.59 Å². The van der Waals surface area contributed by atoms with Crippen molar-refractivity contribution >= 4 is 11.9 Å². The predicted molar refractivity (Wildman–Crippen MR) is 118 cm³/mol. The van der Waals surface area contributed by atoms with E-state index in [1.165, 1.54) is 25.8 Å². The quantitative estimate of drug-likeness (QED) is 0.364. The van der Waals surface area contributed by atoms with Crippen LogP contribution in [-0.4, -0.2) is 134 Å². The second-order valence-electron chi connectivity index (χ2n) is 9.12. The number of nitrogens with zero attached hydrogens (tertiary/aromatic N) is 2. The molecular formula is C22H34F6N2O8. The zero-order valence-corrected chi connectivity index (χ0v) is 20.7. The Kier molecular flexibility index (Phi) is 13.0. The van der Waals surface area contributed by atoms with Gasteiger partial charge < -0.3 is 29.2 Å². The fraction of sp³-hybridized carbons (Fsp3) is 0.909. The van der Waals surface area contributed by atoms with Crippen molar-refractivity contribution in [1.82, 2.24) is 9.80 Å². The van der Waals surface area contributed by atoms with Crippen LogP contribution in [0.15, 0.2) is 0 Å². The van der Waals surface area contributed by atoms with Crippen LogP contribution in [0.2, 0.25) is 0 Å². The summed E-state index contributed by atoms with van der Waals surface area (Å²) in [5.74, 6) is -5.51. The van der Waals surface area contributed by atoms with Crippen molar-refractivity contribution < 1.29 is 65.1 Å². The van der Waals surface area contributed by atoms with Crippen LogP contribution in [0.3, 0.4) is 0 Å². The number of fused-ring (bicyclic) bond motifs is 1. The fourth-order valence-electron chi connectivity index (χ4n) is 4.62. The number of aliphatic carboxylic acids is 2. The van der Waals surface area contributed by atoms with E-state index in [4.69, 9.17) is 38.7 Å². The first kappa shape index (κ1) is 32.5. The van der Waals surface area contributed by atoms with Crippen LogP contribution < -0.4 is 0 Å². The third-order valence-corrected chi connectivity index (χ3v) is 6.50. The highest BCUT2D eigenvalue weighted by Gasteiger charge is 2.43. The van der Waals surface area contributed by atoms with Gasteiger partial charge >= 0.3 is 24.3 Å². The summed E-state index contributed by atoms with van der Waals surface area (Å²) in [7, 11) is 0. The number of rotatable bonds is 6. The van der Waals surface area contributed by atoms with E-state index in [1.54, 1.807) is 0 Å². The summed E-state index contributed by atoms with van der Waals surface area (Å²) in [5, 5.41) is 14.2. The van der Waals surface area contributed by atoms with Gasteiger partial charge in [-0.1, -0.05) is 0 Å². The van der Waals surface area contributed by atoms with Crippen LogP contribution in [0.4, 0.5) is 26.3 Å². The van der Waals surface area contributed by atoms with Gasteiger partial charge in [0.1, 0.15) is 0 Å². The SMILES string of the molecule is C1CN(CCOC[C@@H]2CC[C@H]3[C@H](CCN3C3CCOC3)O2)CCO1.O=C(O)C(F)(F)F.O=C(O)C(F)(F)F. The van der Waals surface area contributed by atoms with Crippen LogP contribution in [0, 0.1) is 0 Å². The molecule has 1 unspecified atom stereocenters. The van der Waals surface area contributed by atoms with Crippen LogP contribution in [0.1, 0.15) is 25.7 Å². The Labute approximate surface area is 215 Å². The number of halogens is 6. The van der Waals surface area contributed by atoms with E-state index in [9.17, 15) is 26.3 Å². The van der Waals surface area contributed by atoms with Crippen molar-refractivity contribution in [3.63, 3.8) is 0 Å². The Balaban J connectivity index is 0.000000301. The normalized spacial score (nSPS) is 28.5. The standard InChI is InChI=1S/C18H32N2O4.2C2HF3O2/c1-2-17-18(3-5-20(17)15-4-9-22-13-15)24-16(1)14-23-12-8-19-6-10-21-11-7-19;2*3-2(4,5)1(6)7/h15-18H,1-14H2;2*(H,6,7)/t15?,16-,17-,18-;;/m0../s1.